The molecular formula is C14H18N2O5. The molecule has 0 radical (unpaired) electrons. The molecule has 1 aliphatic rings. The number of carbonyl (C=O) groups is 2. The molecule has 114 valence electrons. The molecular weight excluding hydrogens is 276 g/mol. The first-order valence-corrected chi connectivity index (χ1v) is 6.33. The molecule has 0 spiro atoms. The quantitative estimate of drug-likeness (QED) is 0.834. The molecule has 1 N–H and O–H groups in total. The van der Waals surface area contributed by atoms with Crippen molar-refractivity contribution in [3.05, 3.63) is 30.3 Å². The molecule has 1 heterocycles. The summed E-state index contributed by atoms with van der Waals surface area (Å²) in [4.78, 5) is 26.7. The largest absolute Gasteiger partial charge is 0.465 e. The minimum Gasteiger partial charge on any atom is -0.465 e. The highest BCUT2D eigenvalue weighted by molar-refractivity contribution is 6.02. The molecule has 1 saturated heterocycles. The molecule has 0 saturated carbocycles. The number of benzene rings is 1. The zero-order valence-corrected chi connectivity index (χ0v) is 12.4. The summed E-state index contributed by atoms with van der Waals surface area (Å²) in [6.45, 7) is 1.46. The van der Waals surface area contributed by atoms with E-state index in [-0.39, 0.29) is 0 Å². The highest BCUT2D eigenvalue weighted by atomic mass is 16.6. The van der Waals surface area contributed by atoms with Gasteiger partial charge in [-0.2, -0.15) is 0 Å². The smallest absolute Gasteiger partial charge is 0.365 e. The minimum absolute atomic E-state index is 0.499. The molecule has 2 rings (SSSR count). The number of ether oxygens (including phenoxy) is 2. The summed E-state index contributed by atoms with van der Waals surface area (Å²) in [6, 6.07) is 8.09. The average Bonchev–Trinajstić information content (AvgIpc) is 2.67. The number of urea groups is 1. The predicted molar refractivity (Wildman–Crippen MR) is 74.5 cm³/mol. The van der Waals surface area contributed by atoms with Gasteiger partial charge in [-0.3, -0.25) is 9.80 Å². The Morgan fingerprint density at radius 3 is 2.29 bits per heavy atom. The van der Waals surface area contributed by atoms with Gasteiger partial charge in [0.2, 0.25) is 5.72 Å². The van der Waals surface area contributed by atoms with Crippen molar-refractivity contribution in [2.45, 2.75) is 18.4 Å². The number of aliphatic hydroxyl groups is 1. The molecule has 7 nitrogen and oxygen atoms in total. The number of nitrogens with zero attached hydrogens (tertiary/aromatic N) is 2. The van der Waals surface area contributed by atoms with Crippen LogP contribution in [-0.4, -0.2) is 54.7 Å². The van der Waals surface area contributed by atoms with Crippen LogP contribution >= 0.6 is 0 Å². The molecule has 1 aliphatic heterocycles. The van der Waals surface area contributed by atoms with Crippen LogP contribution in [-0.2, 0) is 14.3 Å². The van der Waals surface area contributed by atoms with E-state index in [2.05, 4.69) is 4.74 Å². The van der Waals surface area contributed by atoms with E-state index >= 15 is 0 Å². The normalized spacial score (nSPS) is 28.9. The molecule has 7 heteroatoms. The van der Waals surface area contributed by atoms with Gasteiger partial charge in [0.1, 0.15) is 0 Å². The number of hydrogen-bond donors (Lipinski definition) is 1. The van der Waals surface area contributed by atoms with Crippen LogP contribution in [0.4, 0.5) is 10.5 Å². The third-order valence-electron chi connectivity index (χ3n) is 3.92. The Bertz CT molecular complexity index is 564. The van der Waals surface area contributed by atoms with Crippen LogP contribution in [0.5, 0.6) is 0 Å². The number of para-hydroxylation sites is 1. The van der Waals surface area contributed by atoms with Crippen molar-refractivity contribution in [2.75, 3.05) is 26.2 Å². The second-order valence-electron chi connectivity index (χ2n) is 4.86. The van der Waals surface area contributed by atoms with Gasteiger partial charge in [0.15, 0.2) is 0 Å². The molecule has 1 aromatic carbocycles. The third kappa shape index (κ3) is 1.81. The van der Waals surface area contributed by atoms with Crippen LogP contribution in [0.1, 0.15) is 6.92 Å². The lowest BCUT2D eigenvalue weighted by Crippen LogP contribution is -2.65. The highest BCUT2D eigenvalue weighted by Gasteiger charge is 2.70. The molecule has 0 unspecified atom stereocenters. The second kappa shape index (κ2) is 5.01. The Morgan fingerprint density at radius 2 is 1.81 bits per heavy atom. The fourth-order valence-electron chi connectivity index (χ4n) is 2.57. The van der Waals surface area contributed by atoms with E-state index in [0.29, 0.717) is 5.69 Å². The lowest BCUT2D eigenvalue weighted by Gasteiger charge is -2.40. The minimum atomic E-state index is -2.26. The van der Waals surface area contributed by atoms with Crippen LogP contribution in [0.25, 0.3) is 0 Å². The molecule has 0 bridgehead atoms. The topological polar surface area (TPSA) is 79.3 Å². The molecule has 2 atom stereocenters. The van der Waals surface area contributed by atoms with Crippen LogP contribution < -0.4 is 4.90 Å². The Hall–Kier alpha value is -2.12. The standard InChI is InChI=1S/C14H18N2O5/c1-13(21-4)14(19,11(17)20-3)15(2)12(18)16(13)10-8-6-5-7-9-10/h5-9,19H,1-4H3/t13-,14+/m1/s1. The lowest BCUT2D eigenvalue weighted by molar-refractivity contribution is -0.215. The van der Waals surface area contributed by atoms with Crippen LogP contribution in [0.3, 0.4) is 0 Å². The number of amides is 2. The van der Waals surface area contributed by atoms with Crippen molar-refractivity contribution in [3.8, 4) is 0 Å². The first-order chi connectivity index (χ1) is 9.84. The maximum Gasteiger partial charge on any atom is 0.365 e. The Labute approximate surface area is 122 Å². The number of likely N-dealkylation sites (N-methyl/N-ethyl adjacent to an activating group) is 1. The molecule has 0 aliphatic carbocycles. The summed E-state index contributed by atoms with van der Waals surface area (Å²) < 4.78 is 10.0. The lowest BCUT2D eigenvalue weighted by atomic mass is 10.0. The van der Waals surface area contributed by atoms with Gasteiger partial charge in [0.05, 0.1) is 7.11 Å². The van der Waals surface area contributed by atoms with Crippen molar-refractivity contribution in [1.82, 2.24) is 4.90 Å². The molecule has 21 heavy (non-hydrogen) atoms. The number of hydrogen-bond acceptors (Lipinski definition) is 5. The van der Waals surface area contributed by atoms with Crippen molar-refractivity contribution in [2.24, 2.45) is 0 Å². The van der Waals surface area contributed by atoms with E-state index in [9.17, 15) is 14.7 Å². The number of anilines is 1. The summed E-state index contributed by atoms with van der Waals surface area (Å²) in [5, 5.41) is 10.8. The fraction of sp³-hybridized carbons (Fsp3) is 0.429. The van der Waals surface area contributed by atoms with Crippen molar-refractivity contribution >= 4 is 17.7 Å². The SMILES string of the molecule is COC(=O)[C@@]1(O)N(C)C(=O)N(c2ccccc2)[C@]1(C)OC. The van der Waals surface area contributed by atoms with Gasteiger partial charge in [-0.25, -0.2) is 9.59 Å². The van der Waals surface area contributed by atoms with E-state index in [1.807, 2.05) is 0 Å². The van der Waals surface area contributed by atoms with Gasteiger partial charge in [0, 0.05) is 19.8 Å². The molecule has 0 aromatic heterocycles. The summed E-state index contributed by atoms with van der Waals surface area (Å²) in [6.07, 6.45) is 0. The van der Waals surface area contributed by atoms with Crippen molar-refractivity contribution in [3.63, 3.8) is 0 Å². The van der Waals surface area contributed by atoms with Gasteiger partial charge >= 0.3 is 12.0 Å². The van der Waals surface area contributed by atoms with E-state index < -0.39 is 23.5 Å². The number of carbonyl (C=O) groups excluding carboxylic acids is 2. The zero-order valence-electron chi connectivity index (χ0n) is 12.4. The Balaban J connectivity index is 2.63. The van der Waals surface area contributed by atoms with Gasteiger partial charge in [-0.1, -0.05) is 18.2 Å². The maximum absolute atomic E-state index is 12.5. The van der Waals surface area contributed by atoms with Gasteiger partial charge in [-0.05, 0) is 19.1 Å². The van der Waals surface area contributed by atoms with E-state index in [0.717, 1.165) is 12.0 Å². The summed E-state index contributed by atoms with van der Waals surface area (Å²) in [7, 11) is 3.77. The molecule has 2 amide bonds. The molecule has 1 aromatic rings. The van der Waals surface area contributed by atoms with Crippen LogP contribution in [0, 0.1) is 0 Å². The van der Waals surface area contributed by atoms with E-state index in [4.69, 9.17) is 4.74 Å². The summed E-state index contributed by atoms with van der Waals surface area (Å²) >= 11 is 0. The van der Waals surface area contributed by atoms with E-state index in [1.165, 1.54) is 26.0 Å². The van der Waals surface area contributed by atoms with Gasteiger partial charge in [0.25, 0.3) is 5.72 Å². The molecule has 1 fully saturated rings. The first kappa shape index (κ1) is 15.3. The predicted octanol–water partition coefficient (Wildman–Crippen LogP) is 0.783. The average molecular weight is 294 g/mol. The van der Waals surface area contributed by atoms with Crippen LogP contribution in [0.2, 0.25) is 0 Å². The van der Waals surface area contributed by atoms with Gasteiger partial charge < -0.3 is 14.6 Å². The summed E-state index contributed by atoms with van der Waals surface area (Å²) in [5.74, 6) is -0.971. The Kier molecular flexibility index (Phi) is 3.65. The highest BCUT2D eigenvalue weighted by Crippen LogP contribution is 2.43. The monoisotopic (exact) mass is 294 g/mol. The number of esters is 1. The van der Waals surface area contributed by atoms with Crippen molar-refractivity contribution in [1.29, 1.82) is 0 Å². The fourth-order valence-corrected chi connectivity index (χ4v) is 2.57. The maximum atomic E-state index is 12.5. The Morgan fingerprint density at radius 1 is 1.24 bits per heavy atom. The zero-order chi connectivity index (χ0) is 15.8. The third-order valence-corrected chi connectivity index (χ3v) is 3.92. The van der Waals surface area contributed by atoms with E-state index in [1.54, 1.807) is 30.3 Å². The first-order valence-electron chi connectivity index (χ1n) is 6.33. The number of methoxy groups -OCH3 is 2. The second-order valence-corrected chi connectivity index (χ2v) is 4.86. The van der Waals surface area contributed by atoms with Gasteiger partial charge in [-0.15, -0.1) is 0 Å². The number of rotatable bonds is 3. The summed E-state index contributed by atoms with van der Waals surface area (Å²) in [5.41, 5.74) is -3.39. The van der Waals surface area contributed by atoms with Crippen LogP contribution in [0.15, 0.2) is 30.3 Å². The van der Waals surface area contributed by atoms with Crippen molar-refractivity contribution < 1.29 is 24.2 Å².